The van der Waals surface area contributed by atoms with E-state index >= 15 is 0 Å². The molecule has 41 heavy (non-hydrogen) atoms. The number of hydroxylamine groups is 2. The highest BCUT2D eigenvalue weighted by molar-refractivity contribution is 5.90. The number of carbonyl (C=O) groups excluding carboxylic acids is 4. The molecule has 2 aliphatic rings. The van der Waals surface area contributed by atoms with Gasteiger partial charge in [-0.1, -0.05) is 0 Å². The largest absolute Gasteiger partial charge is 0.462 e. The fraction of sp³-hybridized carbons (Fsp3) is 0.417. The zero-order valence-electron chi connectivity index (χ0n) is 22.0. The second-order valence-electron chi connectivity index (χ2n) is 8.63. The smallest absolute Gasteiger partial charge is 0.433 e. The van der Waals surface area contributed by atoms with E-state index in [2.05, 4.69) is 9.73 Å². The average Bonchev–Trinajstić information content (AvgIpc) is 3.44. The van der Waals surface area contributed by atoms with Gasteiger partial charge >= 0.3 is 17.9 Å². The fourth-order valence-electron chi connectivity index (χ4n) is 3.85. The van der Waals surface area contributed by atoms with Crippen LogP contribution >= 0.6 is 0 Å². The Bertz CT molecular complexity index is 1270. The minimum absolute atomic E-state index is 0.0102. The number of halogens is 2. The van der Waals surface area contributed by atoms with Crippen molar-refractivity contribution in [2.45, 2.75) is 20.0 Å². The van der Waals surface area contributed by atoms with Crippen molar-refractivity contribution in [3.8, 4) is 0 Å². The number of hydrogen-bond donors (Lipinski definition) is 1. The van der Waals surface area contributed by atoms with Gasteiger partial charge < -0.3 is 24.1 Å². The van der Waals surface area contributed by atoms with Crippen LogP contribution in [0.15, 0.2) is 28.7 Å². The molecule has 4 rings (SSSR count). The molecule has 0 radical (unpaired) electrons. The van der Waals surface area contributed by atoms with E-state index in [1.165, 1.54) is 17.9 Å². The summed E-state index contributed by atoms with van der Waals surface area (Å²) in [7, 11) is 0. The quantitative estimate of drug-likeness (QED) is 0.207. The summed E-state index contributed by atoms with van der Waals surface area (Å²) >= 11 is 0. The first-order valence-electron chi connectivity index (χ1n) is 12.2. The van der Waals surface area contributed by atoms with Gasteiger partial charge in [0, 0.05) is 32.1 Å². The number of rotatable bonds is 8. The van der Waals surface area contributed by atoms with Crippen LogP contribution in [-0.2, 0) is 28.7 Å². The van der Waals surface area contributed by atoms with Crippen molar-refractivity contribution in [2.75, 3.05) is 55.7 Å². The molecule has 2 aliphatic heterocycles. The molecule has 0 spiro atoms. The Hall–Kier alpha value is -4.80. The molecular formula is C24H27F2N5O10. The molecule has 15 nitrogen and oxygen atoms in total. The van der Waals surface area contributed by atoms with Gasteiger partial charge in [0.2, 0.25) is 6.41 Å². The number of anilines is 2. The number of esters is 1. The van der Waals surface area contributed by atoms with Crippen LogP contribution in [0.5, 0.6) is 0 Å². The third-order valence-electron chi connectivity index (χ3n) is 5.68. The molecule has 222 valence electrons. The maximum Gasteiger partial charge on any atom is 0.433 e. The summed E-state index contributed by atoms with van der Waals surface area (Å²) in [5, 5.41) is 13.2. The first-order valence-corrected chi connectivity index (χ1v) is 12.2. The Morgan fingerprint density at radius 1 is 1.22 bits per heavy atom. The normalized spacial score (nSPS) is 16.7. The zero-order chi connectivity index (χ0) is 30.1. The van der Waals surface area contributed by atoms with E-state index in [-0.39, 0.29) is 63.2 Å². The van der Waals surface area contributed by atoms with Crippen molar-refractivity contribution in [1.82, 2.24) is 10.4 Å². The fourth-order valence-corrected chi connectivity index (χ4v) is 3.85. The third kappa shape index (κ3) is 8.34. The third-order valence-corrected chi connectivity index (χ3v) is 5.68. The Kier molecular flexibility index (Phi) is 10.5. The van der Waals surface area contributed by atoms with Gasteiger partial charge in [0.05, 0.1) is 38.0 Å². The molecule has 2 fully saturated rings. The van der Waals surface area contributed by atoms with Crippen LogP contribution in [0.2, 0.25) is 0 Å². The molecule has 3 amide bonds. The number of ether oxygens (including phenoxy) is 2. The first-order chi connectivity index (χ1) is 19.5. The Morgan fingerprint density at radius 3 is 2.49 bits per heavy atom. The van der Waals surface area contributed by atoms with Gasteiger partial charge in [0.1, 0.15) is 23.0 Å². The van der Waals surface area contributed by atoms with Gasteiger partial charge in [-0.05, 0) is 13.0 Å². The van der Waals surface area contributed by atoms with Crippen LogP contribution < -0.4 is 15.1 Å². The molecule has 0 unspecified atom stereocenters. The van der Waals surface area contributed by atoms with E-state index in [9.17, 15) is 38.1 Å². The van der Waals surface area contributed by atoms with Crippen molar-refractivity contribution in [2.24, 2.45) is 0 Å². The Balaban J connectivity index is 0.000000436. The maximum absolute atomic E-state index is 14.9. The molecule has 1 aromatic heterocycles. The van der Waals surface area contributed by atoms with Crippen molar-refractivity contribution in [1.29, 1.82) is 0 Å². The van der Waals surface area contributed by atoms with Gasteiger partial charge in [-0.25, -0.2) is 18.6 Å². The highest BCUT2D eigenvalue weighted by Crippen LogP contribution is 2.31. The number of nitrogens with zero attached hydrogens (tertiary/aromatic N) is 4. The zero-order valence-corrected chi connectivity index (χ0v) is 22.0. The summed E-state index contributed by atoms with van der Waals surface area (Å²) in [6.45, 7) is 2.62. The number of nitro groups is 1. The molecule has 1 N–H and O–H groups in total. The van der Waals surface area contributed by atoms with E-state index < -0.39 is 40.6 Å². The lowest BCUT2D eigenvalue weighted by Crippen LogP contribution is -2.39. The van der Waals surface area contributed by atoms with Gasteiger partial charge in [-0.15, -0.1) is 0 Å². The lowest BCUT2D eigenvalue weighted by Gasteiger charge is -2.24. The summed E-state index contributed by atoms with van der Waals surface area (Å²) in [6.07, 6.45) is -1.18. The SMILES string of the molecule is CC(=O)OC[C@H]1CN(c2cc(F)c(N3CCON(C(=O)CNC=O)CC3)c(F)c2)C(=O)O1.Cc1ccc([N+](=O)[O-])o1. The Morgan fingerprint density at radius 2 is 1.93 bits per heavy atom. The number of amides is 3. The van der Waals surface area contributed by atoms with Gasteiger partial charge in [0.25, 0.3) is 5.91 Å². The van der Waals surface area contributed by atoms with Crippen molar-refractivity contribution >= 4 is 41.6 Å². The summed E-state index contributed by atoms with van der Waals surface area (Å²) in [4.78, 5) is 62.4. The van der Waals surface area contributed by atoms with Crippen molar-refractivity contribution < 1.29 is 51.6 Å². The second kappa shape index (κ2) is 14.0. The minimum Gasteiger partial charge on any atom is -0.462 e. The monoisotopic (exact) mass is 583 g/mol. The predicted molar refractivity (Wildman–Crippen MR) is 135 cm³/mol. The van der Waals surface area contributed by atoms with Gasteiger partial charge in [-0.3, -0.25) is 34.2 Å². The molecule has 1 atom stereocenters. The maximum atomic E-state index is 14.9. The number of furan rings is 1. The van der Waals surface area contributed by atoms with E-state index in [4.69, 9.17) is 14.3 Å². The highest BCUT2D eigenvalue weighted by atomic mass is 19.1. The van der Waals surface area contributed by atoms with Crippen LogP contribution in [0.3, 0.4) is 0 Å². The van der Waals surface area contributed by atoms with Crippen LogP contribution in [0.25, 0.3) is 0 Å². The van der Waals surface area contributed by atoms with Crippen molar-refractivity contribution in [3.63, 3.8) is 0 Å². The van der Waals surface area contributed by atoms with Crippen LogP contribution in [0, 0.1) is 28.7 Å². The molecule has 17 heteroatoms. The Labute approximate surface area is 231 Å². The molecule has 2 aromatic rings. The van der Waals surface area contributed by atoms with Crippen LogP contribution in [0.1, 0.15) is 12.7 Å². The number of cyclic esters (lactones) is 1. The molecule has 0 saturated carbocycles. The van der Waals surface area contributed by atoms with Crippen molar-refractivity contribution in [3.05, 3.63) is 51.8 Å². The summed E-state index contributed by atoms with van der Waals surface area (Å²) < 4.78 is 44.3. The standard InChI is InChI=1S/C19H22F2N4O7.C5H5NO3/c1-12(27)30-10-14-9-24(19(29)32-14)13-6-15(20)18(16(21)7-13)23-2-3-25(31-5-4-23)17(28)8-22-11-26;1-4-2-3-5(9-4)6(7)8/h6-7,11,14H,2-5,8-10H2,1H3,(H,22,26);2-3H,1H3/t14-;/m1./s1. The number of nitrogens with one attached hydrogen (secondary N) is 1. The molecule has 0 aliphatic carbocycles. The first kappa shape index (κ1) is 30.7. The molecule has 1 aromatic carbocycles. The molecule has 2 saturated heterocycles. The number of carbonyl (C=O) groups is 4. The lowest BCUT2D eigenvalue weighted by molar-refractivity contribution is -0.402. The van der Waals surface area contributed by atoms with Gasteiger partial charge in [0.15, 0.2) is 17.7 Å². The molecule has 0 bridgehead atoms. The van der Waals surface area contributed by atoms with Crippen LogP contribution in [0.4, 0.5) is 30.8 Å². The second-order valence-corrected chi connectivity index (χ2v) is 8.63. The van der Waals surface area contributed by atoms with E-state index in [1.807, 2.05) is 0 Å². The summed E-state index contributed by atoms with van der Waals surface area (Å²) in [5.74, 6) is -2.49. The highest BCUT2D eigenvalue weighted by Gasteiger charge is 2.34. The summed E-state index contributed by atoms with van der Waals surface area (Å²) in [6, 6.07) is 4.90. The van der Waals surface area contributed by atoms with Gasteiger partial charge in [-0.2, -0.15) is 0 Å². The van der Waals surface area contributed by atoms with Crippen LogP contribution in [-0.4, -0.2) is 86.4 Å². The molecular weight excluding hydrogens is 556 g/mol. The minimum atomic E-state index is -0.904. The average molecular weight is 584 g/mol. The molecule has 3 heterocycles. The van der Waals surface area contributed by atoms with E-state index in [0.717, 1.165) is 22.1 Å². The lowest BCUT2D eigenvalue weighted by atomic mass is 10.2. The number of benzene rings is 1. The van der Waals surface area contributed by atoms with E-state index in [1.54, 1.807) is 13.0 Å². The number of hydrogen-bond acceptors (Lipinski definition) is 11. The topological polar surface area (TPSA) is 174 Å². The summed E-state index contributed by atoms with van der Waals surface area (Å²) in [5.41, 5.74) is -0.358. The number of aryl methyl sites for hydroxylation is 1. The van der Waals surface area contributed by atoms with E-state index in [0.29, 0.717) is 12.2 Å². The predicted octanol–water partition coefficient (Wildman–Crippen LogP) is 1.68.